The van der Waals surface area contributed by atoms with E-state index in [-0.39, 0.29) is 36.0 Å². The molecule has 7 heteroatoms. The second kappa shape index (κ2) is 8.39. The van der Waals surface area contributed by atoms with Crippen LogP contribution in [0.1, 0.15) is 37.4 Å². The second-order valence-corrected chi connectivity index (χ2v) is 7.25. The number of hydrogen-bond acceptors (Lipinski definition) is 6. The summed E-state index contributed by atoms with van der Waals surface area (Å²) in [5.41, 5.74) is 3.02. The van der Waals surface area contributed by atoms with Gasteiger partial charge in [-0.25, -0.2) is 4.79 Å². The second-order valence-electron chi connectivity index (χ2n) is 7.25. The molecule has 0 radical (unpaired) electrons. The number of esters is 1. The fourth-order valence-electron chi connectivity index (χ4n) is 3.59. The molecule has 158 valence electrons. The van der Waals surface area contributed by atoms with Crippen LogP contribution < -0.4 is 4.74 Å². The maximum atomic E-state index is 13.3. The third-order valence-electron chi connectivity index (χ3n) is 5.15. The topological polar surface area (TPSA) is 96.3 Å². The van der Waals surface area contributed by atoms with Gasteiger partial charge >= 0.3 is 5.97 Å². The van der Waals surface area contributed by atoms with Gasteiger partial charge in [0.15, 0.2) is 0 Å². The average molecular weight is 419 g/mol. The Kier molecular flexibility index (Phi) is 5.49. The fraction of sp³-hybridized carbons (Fsp3) is 0.167. The van der Waals surface area contributed by atoms with Crippen LogP contribution in [0.5, 0.6) is 17.2 Å². The van der Waals surface area contributed by atoms with Gasteiger partial charge in [-0.1, -0.05) is 36.4 Å². The van der Waals surface area contributed by atoms with Crippen molar-refractivity contribution >= 4 is 11.9 Å². The molecule has 0 aliphatic carbocycles. The molecule has 7 nitrogen and oxygen atoms in total. The molecule has 3 aromatic carbocycles. The van der Waals surface area contributed by atoms with Crippen LogP contribution in [0.15, 0.2) is 60.7 Å². The Morgan fingerprint density at radius 1 is 0.968 bits per heavy atom. The van der Waals surface area contributed by atoms with Gasteiger partial charge in [0.05, 0.1) is 12.7 Å². The highest BCUT2D eigenvalue weighted by Gasteiger charge is 2.29. The van der Waals surface area contributed by atoms with E-state index in [2.05, 4.69) is 0 Å². The molecule has 31 heavy (non-hydrogen) atoms. The van der Waals surface area contributed by atoms with E-state index in [1.54, 1.807) is 23.1 Å². The molecular weight excluding hydrogens is 398 g/mol. The smallest absolute Gasteiger partial charge is 0.337 e. The summed E-state index contributed by atoms with van der Waals surface area (Å²) in [5.74, 6) is -1.35. The molecule has 1 amide bonds. The molecule has 0 spiro atoms. The van der Waals surface area contributed by atoms with Crippen LogP contribution in [0, 0.1) is 0 Å². The highest BCUT2D eigenvalue weighted by atomic mass is 16.5. The Morgan fingerprint density at radius 2 is 1.71 bits per heavy atom. The minimum Gasteiger partial charge on any atom is -0.508 e. The van der Waals surface area contributed by atoms with E-state index in [0.29, 0.717) is 12.1 Å². The van der Waals surface area contributed by atoms with Crippen molar-refractivity contribution in [2.45, 2.75) is 19.7 Å². The Hall–Kier alpha value is -4.00. The van der Waals surface area contributed by atoms with Crippen molar-refractivity contribution in [3.63, 3.8) is 0 Å². The van der Waals surface area contributed by atoms with Gasteiger partial charge in [0.25, 0.3) is 5.91 Å². The van der Waals surface area contributed by atoms with Gasteiger partial charge in [-0.05, 0) is 28.8 Å². The van der Waals surface area contributed by atoms with Crippen molar-refractivity contribution in [2.24, 2.45) is 0 Å². The van der Waals surface area contributed by atoms with Crippen LogP contribution in [-0.2, 0) is 24.4 Å². The van der Waals surface area contributed by atoms with Crippen molar-refractivity contribution in [2.75, 3.05) is 7.11 Å². The monoisotopic (exact) mass is 419 g/mol. The minimum absolute atomic E-state index is 0.0188. The summed E-state index contributed by atoms with van der Waals surface area (Å²) < 4.78 is 10.5. The molecule has 0 saturated heterocycles. The minimum atomic E-state index is -0.444. The maximum Gasteiger partial charge on any atom is 0.337 e. The number of carbonyl (C=O) groups is 2. The number of aromatic hydroxyl groups is 2. The highest BCUT2D eigenvalue weighted by Crippen LogP contribution is 2.36. The van der Waals surface area contributed by atoms with Crippen LogP contribution in [0.2, 0.25) is 0 Å². The first kappa shape index (κ1) is 20.3. The third kappa shape index (κ3) is 4.16. The number of methoxy groups -OCH3 is 1. The molecule has 0 aromatic heterocycles. The molecule has 3 aromatic rings. The van der Waals surface area contributed by atoms with Crippen LogP contribution in [0.25, 0.3) is 0 Å². The van der Waals surface area contributed by atoms with Crippen LogP contribution in [-0.4, -0.2) is 34.1 Å². The summed E-state index contributed by atoms with van der Waals surface area (Å²) in [4.78, 5) is 26.6. The summed E-state index contributed by atoms with van der Waals surface area (Å²) in [6.07, 6.45) is 0. The summed E-state index contributed by atoms with van der Waals surface area (Å²) in [5, 5.41) is 20.3. The summed E-state index contributed by atoms with van der Waals surface area (Å²) >= 11 is 0. The molecule has 2 N–H and O–H groups in total. The molecule has 0 fully saturated rings. The lowest BCUT2D eigenvalue weighted by molar-refractivity contribution is 0.0600. The average Bonchev–Trinajstić information content (AvgIpc) is 3.20. The Morgan fingerprint density at radius 3 is 2.45 bits per heavy atom. The number of nitrogens with zero attached hydrogens (tertiary/aromatic N) is 1. The van der Waals surface area contributed by atoms with Gasteiger partial charge in [-0.15, -0.1) is 0 Å². The molecule has 4 rings (SSSR count). The fourth-order valence-corrected chi connectivity index (χ4v) is 3.59. The summed E-state index contributed by atoms with van der Waals surface area (Å²) in [7, 11) is 1.32. The molecule has 0 unspecified atom stereocenters. The molecule has 0 bridgehead atoms. The Labute approximate surface area is 179 Å². The molecule has 1 aliphatic heterocycles. The maximum absolute atomic E-state index is 13.3. The molecule has 1 heterocycles. The molecule has 0 atom stereocenters. The van der Waals surface area contributed by atoms with Crippen LogP contribution in [0.3, 0.4) is 0 Å². The van der Waals surface area contributed by atoms with E-state index in [4.69, 9.17) is 9.47 Å². The lowest BCUT2D eigenvalue weighted by Crippen LogP contribution is -2.26. The zero-order chi connectivity index (χ0) is 22.0. The number of phenolic OH excluding ortho intramolecular Hbond substituents is 2. The summed E-state index contributed by atoms with van der Waals surface area (Å²) in [6, 6.07) is 17.0. The third-order valence-corrected chi connectivity index (χ3v) is 5.15. The normalized spacial score (nSPS) is 12.4. The van der Waals surface area contributed by atoms with E-state index in [1.165, 1.54) is 13.2 Å². The van der Waals surface area contributed by atoms with Crippen molar-refractivity contribution in [1.82, 2.24) is 4.90 Å². The van der Waals surface area contributed by atoms with E-state index in [9.17, 15) is 19.8 Å². The van der Waals surface area contributed by atoms with Crippen LogP contribution in [0.4, 0.5) is 0 Å². The number of benzene rings is 3. The first-order valence-electron chi connectivity index (χ1n) is 9.68. The zero-order valence-electron chi connectivity index (χ0n) is 16.9. The number of rotatable bonds is 5. The lowest BCUT2D eigenvalue weighted by Gasteiger charge is -2.19. The van der Waals surface area contributed by atoms with Gasteiger partial charge in [0.2, 0.25) is 0 Å². The van der Waals surface area contributed by atoms with E-state index >= 15 is 0 Å². The first-order chi connectivity index (χ1) is 15.0. The molecule has 1 aliphatic rings. The lowest BCUT2D eigenvalue weighted by atomic mass is 10.1. The largest absolute Gasteiger partial charge is 0.508 e. The van der Waals surface area contributed by atoms with Gasteiger partial charge in [-0.2, -0.15) is 0 Å². The number of phenols is 2. The quantitative estimate of drug-likeness (QED) is 0.613. The van der Waals surface area contributed by atoms with Gasteiger partial charge in [-0.3, -0.25) is 4.79 Å². The standard InChI is InChI=1S/C24H21NO6/c1-30-24(29)16-7-8-17-12-25(13-18(17)9-16)23(28)22-20(27)10-19(26)11-21(22)31-14-15-5-3-2-4-6-15/h2-11,26-27H,12-14H2,1H3. The van der Waals surface area contributed by atoms with Gasteiger partial charge in [0, 0.05) is 25.2 Å². The van der Waals surface area contributed by atoms with Crippen molar-refractivity contribution in [3.05, 3.63) is 88.5 Å². The van der Waals surface area contributed by atoms with Crippen molar-refractivity contribution in [1.29, 1.82) is 0 Å². The number of hydrogen-bond donors (Lipinski definition) is 2. The number of ether oxygens (including phenoxy) is 2. The van der Waals surface area contributed by atoms with Gasteiger partial charge < -0.3 is 24.6 Å². The predicted molar refractivity (Wildman–Crippen MR) is 112 cm³/mol. The molecular formula is C24H21NO6. The van der Waals surface area contributed by atoms with E-state index < -0.39 is 11.9 Å². The summed E-state index contributed by atoms with van der Waals surface area (Å²) in [6.45, 7) is 0.776. The zero-order valence-corrected chi connectivity index (χ0v) is 16.9. The van der Waals surface area contributed by atoms with Gasteiger partial charge in [0.1, 0.15) is 29.4 Å². The first-order valence-corrected chi connectivity index (χ1v) is 9.68. The molecule has 0 saturated carbocycles. The predicted octanol–water partition coefficient (Wildman–Crippen LogP) is 3.62. The highest BCUT2D eigenvalue weighted by molar-refractivity contribution is 6.00. The van der Waals surface area contributed by atoms with E-state index in [1.807, 2.05) is 30.3 Å². The van der Waals surface area contributed by atoms with Crippen molar-refractivity contribution < 1.29 is 29.3 Å². The van der Waals surface area contributed by atoms with Crippen LogP contribution >= 0.6 is 0 Å². The number of carbonyl (C=O) groups excluding carboxylic acids is 2. The van der Waals surface area contributed by atoms with E-state index in [0.717, 1.165) is 22.8 Å². The Balaban J connectivity index is 1.58. The Bertz CT molecular complexity index is 1140. The number of amides is 1. The van der Waals surface area contributed by atoms with Crippen molar-refractivity contribution in [3.8, 4) is 17.2 Å². The number of fused-ring (bicyclic) bond motifs is 1. The SMILES string of the molecule is COC(=O)c1ccc2c(c1)CN(C(=O)c1c(O)cc(O)cc1OCc1ccccc1)C2.